The zero-order valence-electron chi connectivity index (χ0n) is 14.9. The molecule has 2 aromatic rings. The van der Waals surface area contributed by atoms with Gasteiger partial charge < -0.3 is 15.2 Å². The van der Waals surface area contributed by atoms with Gasteiger partial charge in [-0.15, -0.1) is 0 Å². The van der Waals surface area contributed by atoms with Gasteiger partial charge in [0.05, 0.1) is 6.54 Å². The van der Waals surface area contributed by atoms with Crippen LogP contribution in [0.2, 0.25) is 0 Å². The third-order valence-electron chi connectivity index (χ3n) is 4.31. The molecule has 0 spiro atoms. The van der Waals surface area contributed by atoms with Crippen LogP contribution >= 0.6 is 0 Å². The standard InChI is InChI=1S/C21H27NO3/c1-3-20(25-18-12-8-5-9-13-18)19(16(2)24-21(23)15-22)14-17-10-6-4-7-11-17/h4-13,16,19-20H,3,14-15,22H2,1-2H3/t16-,19-,20-/m0/s1. The molecule has 4 nitrogen and oxygen atoms in total. The predicted molar refractivity (Wildman–Crippen MR) is 99.4 cm³/mol. The van der Waals surface area contributed by atoms with E-state index in [1.165, 1.54) is 5.56 Å². The fourth-order valence-corrected chi connectivity index (χ4v) is 2.98. The molecule has 0 bridgehead atoms. The maximum absolute atomic E-state index is 11.7. The first-order chi connectivity index (χ1) is 12.1. The second-order valence-electron chi connectivity index (χ2n) is 6.13. The second kappa shape index (κ2) is 9.84. The third-order valence-corrected chi connectivity index (χ3v) is 4.31. The summed E-state index contributed by atoms with van der Waals surface area (Å²) in [6.45, 7) is 3.89. The van der Waals surface area contributed by atoms with Crippen LogP contribution in [-0.2, 0) is 16.0 Å². The lowest BCUT2D eigenvalue weighted by Gasteiger charge is -2.31. The summed E-state index contributed by atoms with van der Waals surface area (Å²) in [6, 6.07) is 19.9. The fourth-order valence-electron chi connectivity index (χ4n) is 2.98. The highest BCUT2D eigenvalue weighted by molar-refractivity contribution is 5.71. The average molecular weight is 341 g/mol. The summed E-state index contributed by atoms with van der Waals surface area (Å²) in [6.07, 6.45) is 1.23. The van der Waals surface area contributed by atoms with Crippen LogP contribution in [0.4, 0.5) is 0 Å². The largest absolute Gasteiger partial charge is 0.490 e. The van der Waals surface area contributed by atoms with E-state index in [1.807, 2.05) is 55.5 Å². The molecule has 0 saturated carbocycles. The van der Waals surface area contributed by atoms with Crippen LogP contribution in [0.15, 0.2) is 60.7 Å². The number of nitrogens with two attached hydrogens (primary N) is 1. The van der Waals surface area contributed by atoms with Crippen LogP contribution in [0, 0.1) is 5.92 Å². The molecule has 0 radical (unpaired) electrons. The maximum atomic E-state index is 11.7. The zero-order chi connectivity index (χ0) is 18.1. The van der Waals surface area contributed by atoms with Gasteiger partial charge in [-0.2, -0.15) is 0 Å². The maximum Gasteiger partial charge on any atom is 0.319 e. The summed E-state index contributed by atoms with van der Waals surface area (Å²) in [7, 11) is 0. The third kappa shape index (κ3) is 5.91. The molecule has 0 heterocycles. The molecule has 3 atom stereocenters. The highest BCUT2D eigenvalue weighted by atomic mass is 16.5. The van der Waals surface area contributed by atoms with Gasteiger partial charge in [-0.05, 0) is 37.5 Å². The van der Waals surface area contributed by atoms with Gasteiger partial charge in [0.15, 0.2) is 0 Å². The molecule has 0 aliphatic heterocycles. The van der Waals surface area contributed by atoms with E-state index in [0.29, 0.717) is 0 Å². The Balaban J connectivity index is 2.19. The Morgan fingerprint density at radius 1 is 1.04 bits per heavy atom. The van der Waals surface area contributed by atoms with Crippen molar-refractivity contribution >= 4 is 5.97 Å². The topological polar surface area (TPSA) is 61.5 Å². The molecular weight excluding hydrogens is 314 g/mol. The van der Waals surface area contributed by atoms with E-state index in [0.717, 1.165) is 18.6 Å². The molecule has 134 valence electrons. The van der Waals surface area contributed by atoms with E-state index in [-0.39, 0.29) is 30.6 Å². The van der Waals surface area contributed by atoms with Gasteiger partial charge in [0.1, 0.15) is 18.0 Å². The summed E-state index contributed by atoms with van der Waals surface area (Å²) in [5.74, 6) is 0.466. The van der Waals surface area contributed by atoms with Crippen molar-refractivity contribution in [2.24, 2.45) is 11.7 Å². The van der Waals surface area contributed by atoms with Gasteiger partial charge in [-0.1, -0.05) is 55.5 Å². The van der Waals surface area contributed by atoms with E-state index in [9.17, 15) is 4.79 Å². The quantitative estimate of drug-likeness (QED) is 0.708. The lowest BCUT2D eigenvalue weighted by atomic mass is 9.88. The number of ether oxygens (including phenoxy) is 2. The molecule has 2 rings (SSSR count). The van der Waals surface area contributed by atoms with Crippen molar-refractivity contribution in [1.29, 1.82) is 0 Å². The van der Waals surface area contributed by atoms with Gasteiger partial charge in [0, 0.05) is 5.92 Å². The number of carbonyl (C=O) groups excluding carboxylic acids is 1. The van der Waals surface area contributed by atoms with Gasteiger partial charge in [-0.25, -0.2) is 0 Å². The summed E-state index contributed by atoms with van der Waals surface area (Å²) < 4.78 is 11.7. The first-order valence-electron chi connectivity index (χ1n) is 8.79. The van der Waals surface area contributed by atoms with E-state index in [1.54, 1.807) is 0 Å². The SMILES string of the molecule is CC[C@H](Oc1ccccc1)[C@@H](Cc1ccccc1)[C@H](C)OC(=O)CN. The first-order valence-corrected chi connectivity index (χ1v) is 8.79. The summed E-state index contributed by atoms with van der Waals surface area (Å²) in [5, 5.41) is 0. The number of esters is 1. The van der Waals surface area contributed by atoms with Crippen molar-refractivity contribution in [3.05, 3.63) is 66.2 Å². The normalized spacial score (nSPS) is 14.4. The molecule has 2 N–H and O–H groups in total. The fraction of sp³-hybridized carbons (Fsp3) is 0.381. The Morgan fingerprint density at radius 3 is 2.20 bits per heavy atom. The van der Waals surface area contributed by atoms with E-state index in [4.69, 9.17) is 15.2 Å². The minimum absolute atomic E-state index is 0.0307. The summed E-state index contributed by atoms with van der Waals surface area (Å²) >= 11 is 0. The minimum Gasteiger partial charge on any atom is -0.490 e. The van der Waals surface area contributed by atoms with Crippen LogP contribution in [-0.4, -0.2) is 24.7 Å². The van der Waals surface area contributed by atoms with Crippen LogP contribution in [0.1, 0.15) is 25.8 Å². The van der Waals surface area contributed by atoms with Crippen molar-refractivity contribution in [3.63, 3.8) is 0 Å². The van der Waals surface area contributed by atoms with Crippen molar-refractivity contribution in [3.8, 4) is 5.75 Å². The van der Waals surface area contributed by atoms with Gasteiger partial charge in [-0.3, -0.25) is 4.79 Å². The average Bonchev–Trinajstić information content (AvgIpc) is 2.66. The minimum atomic E-state index is -0.389. The van der Waals surface area contributed by atoms with Crippen molar-refractivity contribution in [2.75, 3.05) is 6.54 Å². The van der Waals surface area contributed by atoms with Crippen LogP contribution in [0.25, 0.3) is 0 Å². The molecule has 0 fully saturated rings. The Hall–Kier alpha value is -2.33. The summed E-state index contributed by atoms with van der Waals surface area (Å²) in [4.78, 5) is 11.7. The van der Waals surface area contributed by atoms with Crippen LogP contribution in [0.3, 0.4) is 0 Å². The molecule has 4 heteroatoms. The Kier molecular flexibility index (Phi) is 7.48. The number of benzene rings is 2. The number of para-hydroxylation sites is 1. The molecule has 0 unspecified atom stereocenters. The van der Waals surface area contributed by atoms with Crippen molar-refractivity contribution < 1.29 is 14.3 Å². The van der Waals surface area contributed by atoms with Crippen LogP contribution in [0.5, 0.6) is 5.75 Å². The van der Waals surface area contributed by atoms with Gasteiger partial charge in [0.2, 0.25) is 0 Å². The monoisotopic (exact) mass is 341 g/mol. The molecular formula is C21H27NO3. The Morgan fingerprint density at radius 2 is 1.64 bits per heavy atom. The molecule has 0 saturated heterocycles. The van der Waals surface area contributed by atoms with E-state index in [2.05, 4.69) is 19.1 Å². The van der Waals surface area contributed by atoms with Crippen molar-refractivity contribution in [1.82, 2.24) is 0 Å². The smallest absolute Gasteiger partial charge is 0.319 e. The Bertz CT molecular complexity index is 630. The van der Waals surface area contributed by atoms with Gasteiger partial charge in [0.25, 0.3) is 0 Å². The van der Waals surface area contributed by atoms with Crippen molar-refractivity contribution in [2.45, 2.75) is 38.9 Å². The van der Waals surface area contributed by atoms with Gasteiger partial charge >= 0.3 is 5.97 Å². The lowest BCUT2D eigenvalue weighted by molar-refractivity contribution is -0.150. The molecule has 2 aromatic carbocycles. The molecule has 25 heavy (non-hydrogen) atoms. The molecule has 0 aromatic heterocycles. The predicted octanol–water partition coefficient (Wildman–Crippen LogP) is 3.59. The number of hydrogen-bond donors (Lipinski definition) is 1. The summed E-state index contributed by atoms with van der Waals surface area (Å²) in [5.41, 5.74) is 6.59. The second-order valence-corrected chi connectivity index (χ2v) is 6.13. The highest BCUT2D eigenvalue weighted by Gasteiger charge is 2.30. The molecule has 0 aliphatic rings. The Labute approximate surface area is 150 Å². The number of hydrogen-bond acceptors (Lipinski definition) is 4. The number of carbonyl (C=O) groups is 1. The highest BCUT2D eigenvalue weighted by Crippen LogP contribution is 2.25. The lowest BCUT2D eigenvalue weighted by Crippen LogP contribution is -2.39. The molecule has 0 aliphatic carbocycles. The molecule has 0 amide bonds. The van der Waals surface area contributed by atoms with Crippen LogP contribution < -0.4 is 10.5 Å². The van der Waals surface area contributed by atoms with E-state index < -0.39 is 0 Å². The zero-order valence-corrected chi connectivity index (χ0v) is 14.9. The van der Waals surface area contributed by atoms with E-state index >= 15 is 0 Å². The first kappa shape index (κ1) is 19.0. The number of rotatable bonds is 9.